The molecule has 3 aromatic rings. The van der Waals surface area contributed by atoms with Crippen molar-refractivity contribution in [3.8, 4) is 17.0 Å². The van der Waals surface area contributed by atoms with Crippen molar-refractivity contribution in [1.82, 2.24) is 9.38 Å². The molecule has 3 heterocycles. The molecule has 2 aromatic heterocycles. The molecular formula is C18H18ClN3O2. The Morgan fingerprint density at radius 2 is 2.08 bits per heavy atom. The van der Waals surface area contributed by atoms with Gasteiger partial charge in [0.05, 0.1) is 11.1 Å². The quantitative estimate of drug-likeness (QED) is 0.753. The van der Waals surface area contributed by atoms with Crippen LogP contribution in [0.15, 0.2) is 42.6 Å². The zero-order valence-electron chi connectivity index (χ0n) is 13.1. The third kappa shape index (κ3) is 2.92. The van der Waals surface area contributed by atoms with E-state index < -0.39 is 0 Å². The lowest BCUT2D eigenvalue weighted by Crippen LogP contribution is -2.19. The van der Waals surface area contributed by atoms with Gasteiger partial charge in [0.2, 0.25) is 0 Å². The molecule has 0 amide bonds. The van der Waals surface area contributed by atoms with E-state index in [0.29, 0.717) is 5.02 Å². The summed E-state index contributed by atoms with van der Waals surface area (Å²) in [5.41, 5.74) is 2.58. The van der Waals surface area contributed by atoms with Crippen LogP contribution >= 0.6 is 11.6 Å². The Labute approximate surface area is 144 Å². The van der Waals surface area contributed by atoms with E-state index in [1.165, 1.54) is 0 Å². The summed E-state index contributed by atoms with van der Waals surface area (Å²) in [5.74, 6) is 1.12. The van der Waals surface area contributed by atoms with Crippen LogP contribution in [0.3, 0.4) is 0 Å². The van der Waals surface area contributed by atoms with Gasteiger partial charge in [-0.2, -0.15) is 0 Å². The SMILES string of the molecule is Oc1ccc(-c2nc3ccc(Cl)cn3c2NC[C@H]2CCCO2)cc1. The summed E-state index contributed by atoms with van der Waals surface area (Å²) in [6, 6.07) is 10.8. The van der Waals surface area contributed by atoms with Gasteiger partial charge >= 0.3 is 0 Å². The summed E-state index contributed by atoms with van der Waals surface area (Å²) in [7, 11) is 0. The molecule has 24 heavy (non-hydrogen) atoms. The predicted molar refractivity (Wildman–Crippen MR) is 94.8 cm³/mol. The maximum absolute atomic E-state index is 9.52. The number of pyridine rings is 1. The van der Waals surface area contributed by atoms with E-state index in [4.69, 9.17) is 21.3 Å². The Morgan fingerprint density at radius 1 is 1.25 bits per heavy atom. The lowest BCUT2D eigenvalue weighted by Gasteiger charge is -2.13. The van der Waals surface area contributed by atoms with Crippen LogP contribution in [0.4, 0.5) is 5.82 Å². The molecule has 0 unspecified atom stereocenters. The first-order valence-corrected chi connectivity index (χ1v) is 8.41. The number of benzene rings is 1. The average molecular weight is 344 g/mol. The summed E-state index contributed by atoms with van der Waals surface area (Å²) in [6.45, 7) is 1.56. The fraction of sp³-hybridized carbons (Fsp3) is 0.278. The number of fused-ring (bicyclic) bond motifs is 1. The number of anilines is 1. The van der Waals surface area contributed by atoms with Crippen molar-refractivity contribution in [2.75, 3.05) is 18.5 Å². The molecule has 2 N–H and O–H groups in total. The second kappa shape index (κ2) is 6.34. The van der Waals surface area contributed by atoms with Gasteiger partial charge in [0, 0.05) is 24.9 Å². The van der Waals surface area contributed by atoms with E-state index in [1.807, 2.05) is 34.9 Å². The topological polar surface area (TPSA) is 58.8 Å². The van der Waals surface area contributed by atoms with Crippen molar-refractivity contribution in [2.24, 2.45) is 0 Å². The van der Waals surface area contributed by atoms with Crippen molar-refractivity contribution in [3.05, 3.63) is 47.6 Å². The summed E-state index contributed by atoms with van der Waals surface area (Å²) in [6.07, 6.45) is 4.25. The average Bonchev–Trinajstić information content (AvgIpc) is 3.21. The molecule has 124 valence electrons. The summed E-state index contributed by atoms with van der Waals surface area (Å²) in [5, 5.41) is 13.6. The van der Waals surface area contributed by atoms with E-state index >= 15 is 0 Å². The summed E-state index contributed by atoms with van der Waals surface area (Å²) in [4.78, 5) is 4.72. The Balaban J connectivity index is 1.75. The highest BCUT2D eigenvalue weighted by Gasteiger charge is 2.19. The van der Waals surface area contributed by atoms with Crippen molar-refractivity contribution in [3.63, 3.8) is 0 Å². The number of aromatic hydroxyl groups is 1. The zero-order valence-corrected chi connectivity index (χ0v) is 13.8. The molecule has 0 bridgehead atoms. The number of ether oxygens (including phenoxy) is 1. The van der Waals surface area contributed by atoms with Gasteiger partial charge in [0.1, 0.15) is 22.9 Å². The van der Waals surface area contributed by atoms with Gasteiger partial charge in [0.25, 0.3) is 0 Å². The molecule has 4 rings (SSSR count). The number of phenols is 1. The largest absolute Gasteiger partial charge is 0.508 e. The number of nitrogens with one attached hydrogen (secondary N) is 1. The molecule has 6 heteroatoms. The molecule has 0 spiro atoms. The van der Waals surface area contributed by atoms with E-state index in [9.17, 15) is 5.11 Å². The Kier molecular flexibility index (Phi) is 4.04. The first-order valence-electron chi connectivity index (χ1n) is 8.03. The molecule has 0 aliphatic carbocycles. The number of hydrogen-bond acceptors (Lipinski definition) is 4. The zero-order chi connectivity index (χ0) is 16.5. The molecule has 1 aromatic carbocycles. The number of nitrogens with zero attached hydrogens (tertiary/aromatic N) is 2. The number of hydrogen-bond donors (Lipinski definition) is 2. The number of halogens is 1. The van der Waals surface area contributed by atoms with E-state index in [0.717, 1.165) is 48.7 Å². The van der Waals surface area contributed by atoms with Crippen LogP contribution in [-0.4, -0.2) is 33.7 Å². The van der Waals surface area contributed by atoms with Crippen molar-refractivity contribution in [1.29, 1.82) is 0 Å². The first-order chi connectivity index (χ1) is 11.7. The highest BCUT2D eigenvalue weighted by Crippen LogP contribution is 2.31. The fourth-order valence-corrected chi connectivity index (χ4v) is 3.18. The van der Waals surface area contributed by atoms with Gasteiger partial charge in [-0.3, -0.25) is 4.40 Å². The second-order valence-corrected chi connectivity index (χ2v) is 6.38. The van der Waals surface area contributed by atoms with Crippen LogP contribution in [0, 0.1) is 0 Å². The lowest BCUT2D eigenvalue weighted by atomic mass is 10.1. The van der Waals surface area contributed by atoms with Gasteiger partial charge in [-0.25, -0.2) is 4.98 Å². The number of aromatic nitrogens is 2. The highest BCUT2D eigenvalue weighted by atomic mass is 35.5. The summed E-state index contributed by atoms with van der Waals surface area (Å²) >= 11 is 6.16. The number of phenolic OH excluding ortho intramolecular Hbond substituents is 1. The molecule has 1 saturated heterocycles. The number of rotatable bonds is 4. The second-order valence-electron chi connectivity index (χ2n) is 5.95. The maximum atomic E-state index is 9.52. The van der Waals surface area contributed by atoms with E-state index in [1.54, 1.807) is 12.1 Å². The molecule has 1 atom stereocenters. The van der Waals surface area contributed by atoms with Gasteiger partial charge in [-0.15, -0.1) is 0 Å². The Morgan fingerprint density at radius 3 is 2.83 bits per heavy atom. The van der Waals surface area contributed by atoms with Gasteiger partial charge in [-0.1, -0.05) is 11.6 Å². The smallest absolute Gasteiger partial charge is 0.139 e. The van der Waals surface area contributed by atoms with Crippen LogP contribution in [0.1, 0.15) is 12.8 Å². The monoisotopic (exact) mass is 343 g/mol. The number of imidazole rings is 1. The van der Waals surface area contributed by atoms with Crippen LogP contribution in [0.25, 0.3) is 16.9 Å². The van der Waals surface area contributed by atoms with Crippen molar-refractivity contribution < 1.29 is 9.84 Å². The third-order valence-corrected chi connectivity index (χ3v) is 4.47. The van der Waals surface area contributed by atoms with Crippen LogP contribution in [0.2, 0.25) is 5.02 Å². The molecule has 0 saturated carbocycles. The van der Waals surface area contributed by atoms with Gasteiger partial charge < -0.3 is 15.2 Å². The van der Waals surface area contributed by atoms with Crippen LogP contribution in [-0.2, 0) is 4.74 Å². The van der Waals surface area contributed by atoms with Crippen LogP contribution in [0.5, 0.6) is 5.75 Å². The van der Waals surface area contributed by atoms with Gasteiger partial charge in [-0.05, 0) is 49.2 Å². The van der Waals surface area contributed by atoms with Crippen molar-refractivity contribution >= 4 is 23.1 Å². The fourth-order valence-electron chi connectivity index (χ4n) is 3.02. The lowest BCUT2D eigenvalue weighted by molar-refractivity contribution is 0.120. The molecular weight excluding hydrogens is 326 g/mol. The maximum Gasteiger partial charge on any atom is 0.139 e. The minimum Gasteiger partial charge on any atom is -0.508 e. The Bertz CT molecular complexity index is 855. The van der Waals surface area contributed by atoms with Crippen LogP contribution < -0.4 is 5.32 Å². The molecule has 1 fully saturated rings. The molecule has 0 radical (unpaired) electrons. The normalized spacial score (nSPS) is 17.5. The first kappa shape index (κ1) is 15.3. The minimum absolute atomic E-state index is 0.224. The minimum atomic E-state index is 0.224. The standard InChI is InChI=1S/C18H18ClN3O2/c19-13-5-8-16-21-17(12-3-6-14(23)7-4-12)18(22(16)11-13)20-10-15-2-1-9-24-15/h3-8,11,15,20,23H,1-2,9-10H2/t15-/m1/s1. The Hall–Kier alpha value is -2.24. The molecule has 1 aliphatic rings. The van der Waals surface area contributed by atoms with Gasteiger partial charge in [0.15, 0.2) is 0 Å². The van der Waals surface area contributed by atoms with E-state index in [2.05, 4.69) is 5.32 Å². The molecule has 1 aliphatic heterocycles. The summed E-state index contributed by atoms with van der Waals surface area (Å²) < 4.78 is 7.65. The van der Waals surface area contributed by atoms with Crippen molar-refractivity contribution in [2.45, 2.75) is 18.9 Å². The van der Waals surface area contributed by atoms with E-state index in [-0.39, 0.29) is 11.9 Å². The predicted octanol–water partition coefficient (Wildman–Crippen LogP) is 3.95. The molecule has 5 nitrogen and oxygen atoms in total. The third-order valence-electron chi connectivity index (χ3n) is 4.24. The highest BCUT2D eigenvalue weighted by molar-refractivity contribution is 6.30.